The first-order valence-electron chi connectivity index (χ1n) is 3.17. The van der Waals surface area contributed by atoms with Gasteiger partial charge in [0.05, 0.1) is 0 Å². The van der Waals surface area contributed by atoms with Crippen LogP contribution in [0.3, 0.4) is 0 Å². The van der Waals surface area contributed by atoms with Gasteiger partial charge in [-0.1, -0.05) is 0 Å². The first-order chi connectivity index (χ1) is 4.70. The van der Waals surface area contributed by atoms with Gasteiger partial charge in [-0.25, -0.2) is 9.97 Å². The van der Waals surface area contributed by atoms with Crippen LogP contribution >= 0.6 is 0 Å². The molecule has 0 aromatic carbocycles. The van der Waals surface area contributed by atoms with E-state index in [0.29, 0.717) is 5.82 Å². The van der Waals surface area contributed by atoms with Crippen molar-refractivity contribution < 1.29 is 5.11 Å². The third-order valence-corrected chi connectivity index (χ3v) is 1.17. The molecule has 1 heterocycles. The average Bonchev–Trinajstić information content (AvgIpc) is 1.88. The van der Waals surface area contributed by atoms with Crippen molar-refractivity contribution in [2.24, 2.45) is 0 Å². The van der Waals surface area contributed by atoms with Gasteiger partial charge in [0.2, 0.25) is 0 Å². The predicted octanol–water partition coefficient (Wildman–Crippen LogP) is 0.838. The van der Waals surface area contributed by atoms with Crippen LogP contribution in [0.25, 0.3) is 0 Å². The molecule has 1 atom stereocenters. The maximum Gasteiger partial charge on any atom is 0.156 e. The zero-order valence-corrected chi connectivity index (χ0v) is 6.07. The number of aryl methyl sites for hydroxylation is 1. The molecule has 0 amide bonds. The zero-order chi connectivity index (χ0) is 7.56. The number of nitrogens with zero attached hydrogens (tertiary/aromatic N) is 2. The Balaban J connectivity index is 2.89. The lowest BCUT2D eigenvalue weighted by Gasteiger charge is -2.00. The number of rotatable bonds is 1. The van der Waals surface area contributed by atoms with Gasteiger partial charge in [0.15, 0.2) is 5.82 Å². The smallest absolute Gasteiger partial charge is 0.156 e. The van der Waals surface area contributed by atoms with Crippen LogP contribution in [0.1, 0.15) is 24.4 Å². The van der Waals surface area contributed by atoms with Crippen molar-refractivity contribution in [1.82, 2.24) is 9.97 Å². The van der Waals surface area contributed by atoms with Crippen LogP contribution in [0.2, 0.25) is 0 Å². The van der Waals surface area contributed by atoms with Crippen molar-refractivity contribution in [3.63, 3.8) is 0 Å². The lowest BCUT2D eigenvalue weighted by Crippen LogP contribution is -1.98. The van der Waals surface area contributed by atoms with E-state index in [-0.39, 0.29) is 0 Å². The summed E-state index contributed by atoms with van der Waals surface area (Å²) >= 11 is 0. The third-order valence-electron chi connectivity index (χ3n) is 1.17. The Morgan fingerprint density at radius 1 is 1.40 bits per heavy atom. The Hall–Kier alpha value is -0.960. The monoisotopic (exact) mass is 138 g/mol. The molecule has 10 heavy (non-hydrogen) atoms. The van der Waals surface area contributed by atoms with E-state index in [0.717, 1.165) is 5.56 Å². The van der Waals surface area contributed by atoms with Crippen molar-refractivity contribution in [1.29, 1.82) is 0 Å². The summed E-state index contributed by atoms with van der Waals surface area (Å²) in [5.41, 5.74) is 1.00. The van der Waals surface area contributed by atoms with Crippen LogP contribution in [-0.4, -0.2) is 15.1 Å². The Morgan fingerprint density at radius 2 is 1.90 bits per heavy atom. The second-order valence-corrected chi connectivity index (χ2v) is 2.29. The second-order valence-electron chi connectivity index (χ2n) is 2.29. The van der Waals surface area contributed by atoms with Gasteiger partial charge in [0, 0.05) is 12.4 Å². The van der Waals surface area contributed by atoms with Crippen molar-refractivity contribution in [2.45, 2.75) is 20.0 Å². The van der Waals surface area contributed by atoms with E-state index in [1.165, 1.54) is 0 Å². The highest BCUT2D eigenvalue weighted by molar-refractivity contribution is 5.02. The van der Waals surface area contributed by atoms with Crippen molar-refractivity contribution in [3.8, 4) is 0 Å². The zero-order valence-electron chi connectivity index (χ0n) is 6.07. The highest BCUT2D eigenvalue weighted by Crippen LogP contribution is 2.03. The van der Waals surface area contributed by atoms with E-state index in [1.807, 2.05) is 6.92 Å². The summed E-state index contributed by atoms with van der Waals surface area (Å²) in [6.45, 7) is 3.55. The molecular formula is C7H10N2O. The van der Waals surface area contributed by atoms with Crippen LogP contribution in [0.15, 0.2) is 12.4 Å². The summed E-state index contributed by atoms with van der Waals surface area (Å²) in [5, 5.41) is 8.99. The van der Waals surface area contributed by atoms with E-state index >= 15 is 0 Å². The van der Waals surface area contributed by atoms with Gasteiger partial charge < -0.3 is 5.11 Å². The number of hydrogen-bond donors (Lipinski definition) is 1. The topological polar surface area (TPSA) is 46.0 Å². The normalized spacial score (nSPS) is 13.1. The van der Waals surface area contributed by atoms with Crippen molar-refractivity contribution in [2.75, 3.05) is 0 Å². The summed E-state index contributed by atoms with van der Waals surface area (Å²) in [6.07, 6.45) is 2.81. The largest absolute Gasteiger partial charge is 0.385 e. The number of aliphatic hydroxyl groups is 1. The fourth-order valence-electron chi connectivity index (χ4n) is 0.618. The van der Waals surface area contributed by atoms with Gasteiger partial charge in [-0.3, -0.25) is 0 Å². The Labute approximate surface area is 59.8 Å². The molecule has 3 heteroatoms. The molecule has 0 unspecified atom stereocenters. The molecule has 1 rings (SSSR count). The van der Waals surface area contributed by atoms with E-state index in [2.05, 4.69) is 9.97 Å². The quantitative estimate of drug-likeness (QED) is 0.625. The molecule has 54 valence electrons. The molecule has 0 saturated carbocycles. The summed E-state index contributed by atoms with van der Waals surface area (Å²) in [6, 6.07) is 0. The third kappa shape index (κ3) is 1.51. The van der Waals surface area contributed by atoms with Gasteiger partial charge in [-0.05, 0) is 19.4 Å². The van der Waals surface area contributed by atoms with Crippen LogP contribution in [0.4, 0.5) is 0 Å². The van der Waals surface area contributed by atoms with Gasteiger partial charge >= 0.3 is 0 Å². The predicted molar refractivity (Wildman–Crippen MR) is 37.4 cm³/mol. The average molecular weight is 138 g/mol. The van der Waals surface area contributed by atoms with Gasteiger partial charge in [-0.2, -0.15) is 0 Å². The van der Waals surface area contributed by atoms with Gasteiger partial charge in [0.1, 0.15) is 6.10 Å². The summed E-state index contributed by atoms with van der Waals surface area (Å²) in [5.74, 6) is 0.477. The van der Waals surface area contributed by atoms with Gasteiger partial charge in [0.25, 0.3) is 0 Å². The fourth-order valence-corrected chi connectivity index (χ4v) is 0.618. The van der Waals surface area contributed by atoms with Crippen LogP contribution in [-0.2, 0) is 0 Å². The minimum Gasteiger partial charge on any atom is -0.385 e. The van der Waals surface area contributed by atoms with E-state index in [9.17, 15) is 0 Å². The first-order valence-corrected chi connectivity index (χ1v) is 3.17. The van der Waals surface area contributed by atoms with Crippen LogP contribution < -0.4 is 0 Å². The Morgan fingerprint density at radius 3 is 2.30 bits per heavy atom. The minimum atomic E-state index is -0.569. The molecule has 0 bridgehead atoms. The summed E-state index contributed by atoms with van der Waals surface area (Å²) in [4.78, 5) is 7.83. The Kier molecular flexibility index (Phi) is 1.97. The van der Waals surface area contributed by atoms with Gasteiger partial charge in [-0.15, -0.1) is 0 Å². The van der Waals surface area contributed by atoms with E-state index in [4.69, 9.17) is 5.11 Å². The maximum atomic E-state index is 8.99. The fraction of sp³-hybridized carbons (Fsp3) is 0.429. The molecule has 0 aliphatic rings. The molecule has 0 saturated heterocycles. The molecule has 1 aromatic heterocycles. The lowest BCUT2D eigenvalue weighted by atomic mass is 10.3. The molecule has 1 N–H and O–H groups in total. The maximum absolute atomic E-state index is 8.99. The molecule has 0 radical (unpaired) electrons. The molecular weight excluding hydrogens is 128 g/mol. The molecule has 0 fully saturated rings. The van der Waals surface area contributed by atoms with Crippen molar-refractivity contribution >= 4 is 0 Å². The molecule has 1 aromatic rings. The molecule has 3 nitrogen and oxygen atoms in total. The second kappa shape index (κ2) is 2.75. The highest BCUT2D eigenvalue weighted by Gasteiger charge is 2.00. The minimum absolute atomic E-state index is 0.477. The molecule has 0 aliphatic carbocycles. The number of hydrogen-bond acceptors (Lipinski definition) is 3. The van der Waals surface area contributed by atoms with Crippen LogP contribution in [0, 0.1) is 6.92 Å². The van der Waals surface area contributed by atoms with E-state index in [1.54, 1.807) is 19.3 Å². The lowest BCUT2D eigenvalue weighted by molar-refractivity contribution is 0.189. The highest BCUT2D eigenvalue weighted by atomic mass is 16.3. The summed E-state index contributed by atoms with van der Waals surface area (Å²) in [7, 11) is 0. The summed E-state index contributed by atoms with van der Waals surface area (Å²) < 4.78 is 0. The molecule has 0 aliphatic heterocycles. The van der Waals surface area contributed by atoms with Crippen molar-refractivity contribution in [3.05, 3.63) is 23.8 Å². The van der Waals surface area contributed by atoms with Crippen LogP contribution in [0.5, 0.6) is 0 Å². The number of aromatic nitrogens is 2. The van der Waals surface area contributed by atoms with E-state index < -0.39 is 6.10 Å². The molecule has 0 spiro atoms. The Bertz CT molecular complexity index is 205. The first kappa shape index (κ1) is 7.15. The SMILES string of the molecule is Cc1cnc([C@H](C)O)nc1. The standard InChI is InChI=1S/C7H10N2O/c1-5-3-8-7(6(2)10)9-4-5/h3-4,6,10H,1-2H3/t6-/m0/s1. The number of aliphatic hydroxyl groups excluding tert-OH is 1.